The van der Waals surface area contributed by atoms with Gasteiger partial charge in [-0.2, -0.15) is 10.5 Å². The highest BCUT2D eigenvalue weighted by Gasteiger charge is 2.35. The minimum absolute atomic E-state index is 0.420. The summed E-state index contributed by atoms with van der Waals surface area (Å²) in [7, 11) is 0. The third-order valence-electron chi connectivity index (χ3n) is 17.6. The fourth-order valence-electron chi connectivity index (χ4n) is 14.2. The first kappa shape index (κ1) is 45.6. The Morgan fingerprint density at radius 3 is 1.17 bits per heavy atom. The summed E-state index contributed by atoms with van der Waals surface area (Å²) < 4.78 is 11.5. The van der Waals surface area contributed by atoms with E-state index in [4.69, 9.17) is 0 Å². The largest absolute Gasteiger partial charge is 0.306 e. The number of hydrogen-bond donors (Lipinski definition) is 0. The van der Waals surface area contributed by atoms with E-state index in [-0.39, 0.29) is 0 Å². The van der Waals surface area contributed by atoms with Gasteiger partial charge >= 0.3 is 0 Å². The van der Waals surface area contributed by atoms with Crippen LogP contribution < -0.4 is 0 Å². The van der Waals surface area contributed by atoms with Crippen LogP contribution in [-0.2, 0) is 0 Å². The van der Waals surface area contributed by atoms with Crippen molar-refractivity contribution in [2.45, 2.75) is 0 Å². The predicted octanol–water partition coefficient (Wildman–Crippen LogP) is 20.2. The lowest BCUT2D eigenvalue weighted by atomic mass is 9.94. The van der Waals surface area contributed by atoms with Crippen LogP contribution in [0, 0.1) is 22.7 Å². The van der Waals surface area contributed by atoms with Gasteiger partial charge in [-0.15, -0.1) is 11.3 Å². The number of para-hydroxylation sites is 6. The number of thiophene rings is 1. The van der Waals surface area contributed by atoms with E-state index in [0.717, 1.165) is 114 Å². The van der Waals surface area contributed by atoms with E-state index >= 15 is 0 Å². The molecule has 0 radical (unpaired) electrons. The summed E-state index contributed by atoms with van der Waals surface area (Å²) in [5.41, 5.74) is 12.9. The molecule has 0 aliphatic rings. The Morgan fingerprint density at radius 2 is 0.663 bits per heavy atom. The second-order valence-corrected chi connectivity index (χ2v) is 22.7. The van der Waals surface area contributed by atoms with Crippen molar-refractivity contribution < 1.29 is 0 Å². The normalized spacial score (nSPS) is 12.1. The molecule has 13 aromatic carbocycles. The van der Waals surface area contributed by atoms with Gasteiger partial charge in [0.05, 0.1) is 71.6 Å². The molecule has 0 saturated heterocycles. The van der Waals surface area contributed by atoms with E-state index < -0.39 is 0 Å². The maximum atomic E-state index is 13.0. The van der Waals surface area contributed by atoms with Crippen LogP contribution >= 0.6 is 11.3 Å². The molecule has 6 nitrogen and oxygen atoms in total. The smallest absolute Gasteiger partial charge is 0.104 e. The Kier molecular flexibility index (Phi) is 9.42. The molecule has 0 aliphatic heterocycles. The average Bonchev–Trinajstić information content (AvgIpc) is 1.77. The second kappa shape index (κ2) is 17.1. The fraction of sp³-hybridized carbons (Fsp3) is 0. The molecule has 5 aromatic heterocycles. The number of aromatic nitrogens is 4. The zero-order chi connectivity index (χ0) is 54.6. The molecule has 0 N–H and O–H groups in total. The molecule has 0 unspecified atom stereocenters. The standard InChI is InChI=1S/C76H42N6S/c77-43-61-71(79-63-29-10-3-20-51(63)52-21-4-11-30-64(52)79)72(80-65-31-12-5-22-53(65)54-23-6-13-32-66(54)80)62(44-78)74(73(61)81-67-33-14-7-24-55(67)56-25-8-15-34-68(56)81)82-69-42-46(48-27-17-28-49-47-19-2-1-18-45(47)36-38-50(48)49)37-39-57(69)59-40-41-60-58-26-9-16-35-70(58)83-76(60)75(59)82/h1-42H. The number of nitriles is 2. The summed E-state index contributed by atoms with van der Waals surface area (Å²) in [6.07, 6.45) is 0. The summed E-state index contributed by atoms with van der Waals surface area (Å²) in [6, 6.07) is 96.7. The van der Waals surface area contributed by atoms with E-state index in [0.29, 0.717) is 33.9 Å². The van der Waals surface area contributed by atoms with E-state index in [1.54, 1.807) is 11.3 Å². The molecule has 18 rings (SSSR count). The van der Waals surface area contributed by atoms with Crippen molar-refractivity contribution in [3.63, 3.8) is 0 Å². The molecule has 0 bridgehead atoms. The molecule has 0 aliphatic carbocycles. The lowest BCUT2D eigenvalue weighted by Gasteiger charge is -2.27. The molecule has 0 spiro atoms. The Morgan fingerprint density at radius 1 is 0.277 bits per heavy atom. The van der Waals surface area contributed by atoms with Crippen LogP contribution in [0.25, 0.3) is 163 Å². The van der Waals surface area contributed by atoms with Gasteiger partial charge in [-0.3, -0.25) is 0 Å². The van der Waals surface area contributed by atoms with Crippen LogP contribution in [0.4, 0.5) is 0 Å². The van der Waals surface area contributed by atoms with Gasteiger partial charge in [-0.05, 0) is 81.2 Å². The Labute approximate surface area is 478 Å². The van der Waals surface area contributed by atoms with Crippen molar-refractivity contribution >= 4 is 140 Å². The van der Waals surface area contributed by atoms with Crippen molar-refractivity contribution in [1.82, 2.24) is 18.3 Å². The quantitative estimate of drug-likeness (QED) is 0.161. The number of hydrogen-bond acceptors (Lipinski definition) is 3. The highest BCUT2D eigenvalue weighted by atomic mass is 32.1. The molecule has 83 heavy (non-hydrogen) atoms. The Hall–Kier alpha value is -11.2. The third-order valence-corrected chi connectivity index (χ3v) is 18.8. The van der Waals surface area contributed by atoms with Gasteiger partial charge in [0, 0.05) is 58.6 Å². The van der Waals surface area contributed by atoms with E-state index in [9.17, 15) is 10.5 Å². The highest BCUT2D eigenvalue weighted by Crippen LogP contribution is 2.51. The zero-order valence-electron chi connectivity index (χ0n) is 44.3. The molecule has 7 heteroatoms. The lowest BCUT2D eigenvalue weighted by Crippen LogP contribution is -2.16. The third kappa shape index (κ3) is 6.13. The summed E-state index contributed by atoms with van der Waals surface area (Å²) in [5.74, 6) is 0. The van der Waals surface area contributed by atoms with Crippen LogP contribution in [0.3, 0.4) is 0 Å². The van der Waals surface area contributed by atoms with E-state index in [1.165, 1.54) is 26.2 Å². The van der Waals surface area contributed by atoms with Crippen LogP contribution in [0.2, 0.25) is 0 Å². The highest BCUT2D eigenvalue weighted by molar-refractivity contribution is 7.26. The summed E-state index contributed by atoms with van der Waals surface area (Å²) in [4.78, 5) is 0. The van der Waals surface area contributed by atoms with Crippen LogP contribution in [0.5, 0.6) is 0 Å². The summed E-state index contributed by atoms with van der Waals surface area (Å²) in [6.45, 7) is 0. The molecule has 0 fully saturated rings. The zero-order valence-corrected chi connectivity index (χ0v) is 45.2. The fourth-order valence-corrected chi connectivity index (χ4v) is 15.5. The summed E-state index contributed by atoms with van der Waals surface area (Å²) in [5, 5.41) is 41.3. The molecule has 0 atom stereocenters. The topological polar surface area (TPSA) is 67.3 Å². The molecule has 18 aromatic rings. The van der Waals surface area contributed by atoms with Crippen molar-refractivity contribution in [2.24, 2.45) is 0 Å². The monoisotopic (exact) mass is 1070 g/mol. The van der Waals surface area contributed by atoms with Gasteiger partial charge in [0.15, 0.2) is 0 Å². The Balaban J connectivity index is 1.13. The predicted molar refractivity (Wildman–Crippen MR) is 347 cm³/mol. The van der Waals surface area contributed by atoms with Crippen molar-refractivity contribution in [3.8, 4) is 46.0 Å². The van der Waals surface area contributed by atoms with Crippen molar-refractivity contribution in [2.75, 3.05) is 0 Å². The number of rotatable bonds is 5. The van der Waals surface area contributed by atoms with Gasteiger partial charge in [0.2, 0.25) is 0 Å². The molecule has 0 amide bonds. The number of fused-ring (bicyclic) bond motifs is 19. The molecular formula is C76H42N6S. The molecule has 0 saturated carbocycles. The van der Waals surface area contributed by atoms with Gasteiger partial charge in [-0.1, -0.05) is 206 Å². The second-order valence-electron chi connectivity index (χ2n) is 21.7. The first-order chi connectivity index (χ1) is 41.2. The lowest BCUT2D eigenvalue weighted by molar-refractivity contribution is 1.03. The molecule has 5 heterocycles. The minimum atomic E-state index is 0.420. The van der Waals surface area contributed by atoms with Crippen LogP contribution in [0.15, 0.2) is 255 Å². The van der Waals surface area contributed by atoms with E-state index in [1.807, 2.05) is 0 Å². The van der Waals surface area contributed by atoms with Crippen LogP contribution in [0.1, 0.15) is 11.1 Å². The van der Waals surface area contributed by atoms with Crippen molar-refractivity contribution in [3.05, 3.63) is 266 Å². The number of benzene rings is 13. The van der Waals surface area contributed by atoms with E-state index in [2.05, 4.69) is 285 Å². The molecule has 382 valence electrons. The first-order valence-corrected chi connectivity index (χ1v) is 28.8. The van der Waals surface area contributed by atoms with Crippen molar-refractivity contribution in [1.29, 1.82) is 10.5 Å². The molecular weight excluding hydrogens is 1030 g/mol. The minimum Gasteiger partial charge on any atom is -0.306 e. The van der Waals surface area contributed by atoms with Gasteiger partial charge in [0.1, 0.15) is 23.3 Å². The number of nitrogens with zero attached hydrogens (tertiary/aromatic N) is 6. The SMILES string of the molecule is N#Cc1c(-n2c3ccccc3c3ccccc32)c(-n2c3ccccc3c3ccccc32)c(C#N)c(-n2c3cc(-c4cccc5c4ccc4ccccc45)ccc3c3ccc4c5ccccc5sc4c32)c1-n1c2ccccc2c2ccccc21. The van der Waals surface area contributed by atoms with Crippen LogP contribution in [-0.4, -0.2) is 18.3 Å². The first-order valence-electron chi connectivity index (χ1n) is 28.0. The maximum absolute atomic E-state index is 13.0. The summed E-state index contributed by atoms with van der Waals surface area (Å²) >= 11 is 1.78. The van der Waals surface area contributed by atoms with Gasteiger partial charge in [-0.25, -0.2) is 0 Å². The average molecular weight is 1070 g/mol. The Bertz CT molecular complexity index is 5820. The maximum Gasteiger partial charge on any atom is 0.104 e. The van der Waals surface area contributed by atoms with Gasteiger partial charge in [0.25, 0.3) is 0 Å². The van der Waals surface area contributed by atoms with Gasteiger partial charge < -0.3 is 18.3 Å².